The van der Waals surface area contributed by atoms with Crippen LogP contribution in [0.3, 0.4) is 0 Å². The fourth-order valence-corrected chi connectivity index (χ4v) is 4.64. The van der Waals surface area contributed by atoms with Crippen LogP contribution in [0.15, 0.2) is 93.7 Å². The number of aliphatic hydroxyl groups excluding tert-OH is 1. The second kappa shape index (κ2) is 10.8. The van der Waals surface area contributed by atoms with E-state index in [1.807, 2.05) is 6.92 Å². The fourth-order valence-electron chi connectivity index (χ4n) is 4.64. The molecule has 0 saturated carbocycles. The van der Waals surface area contributed by atoms with E-state index in [2.05, 4.69) is 6.58 Å². The van der Waals surface area contributed by atoms with E-state index in [-0.39, 0.29) is 24.5 Å². The zero-order chi connectivity index (χ0) is 27.5. The maximum Gasteiger partial charge on any atom is 0.290 e. The lowest BCUT2D eigenvalue weighted by molar-refractivity contribution is -0.130. The average Bonchev–Trinajstić information content (AvgIpc) is 3.68. The summed E-state index contributed by atoms with van der Waals surface area (Å²) in [5.74, 6) is -0.186. The van der Waals surface area contributed by atoms with Gasteiger partial charge in [-0.2, -0.15) is 0 Å². The summed E-state index contributed by atoms with van der Waals surface area (Å²) in [7, 11) is 1.50. The lowest BCUT2D eigenvalue weighted by atomic mass is 9.94. The van der Waals surface area contributed by atoms with Crippen molar-refractivity contribution in [3.63, 3.8) is 0 Å². The normalized spacial score (nSPS) is 15.2. The molecule has 2 aromatic heterocycles. The van der Waals surface area contributed by atoms with Crippen LogP contribution in [0, 0.1) is 0 Å². The molecular weight excluding hydrogens is 502 g/mol. The highest BCUT2D eigenvalue weighted by molar-refractivity contribution is 6.16. The molecule has 0 bridgehead atoms. The number of ether oxygens (including phenoxy) is 3. The van der Waals surface area contributed by atoms with Crippen LogP contribution in [0.2, 0.25) is 0 Å². The Morgan fingerprint density at radius 2 is 1.95 bits per heavy atom. The number of aliphatic hydroxyl groups is 1. The monoisotopic (exact) mass is 529 g/mol. The van der Waals surface area contributed by atoms with Gasteiger partial charge in [0, 0.05) is 5.39 Å². The van der Waals surface area contributed by atoms with Crippen LogP contribution >= 0.6 is 0 Å². The van der Waals surface area contributed by atoms with Crippen molar-refractivity contribution in [2.24, 2.45) is 0 Å². The molecule has 200 valence electrons. The first-order valence-corrected chi connectivity index (χ1v) is 12.3. The number of carbonyl (C=O) groups is 2. The minimum absolute atomic E-state index is 0.0178. The number of fused-ring (bicyclic) bond motifs is 1. The van der Waals surface area contributed by atoms with Crippen LogP contribution in [-0.4, -0.2) is 42.0 Å². The van der Waals surface area contributed by atoms with Crippen molar-refractivity contribution in [2.75, 3.05) is 20.3 Å². The number of carbonyl (C=O) groups excluding carboxylic acids is 2. The van der Waals surface area contributed by atoms with Gasteiger partial charge >= 0.3 is 0 Å². The standard InChI is InChI=1S/C30H27NO8/c1-4-13-38-21-12-11-18(15-23(21)36-5-2)26-25(28(33)30(34)31(26)17-20-9-7-14-37-20)27(32)24-16-19-8-6-10-22(35-3)29(19)39-24/h4,6-12,14-16,26,33H,1,5,13,17H2,2-3H3. The fraction of sp³-hybridized carbons (Fsp3) is 0.200. The topological polar surface area (TPSA) is 112 Å². The highest BCUT2D eigenvalue weighted by Gasteiger charge is 2.45. The molecule has 3 heterocycles. The number of amides is 1. The third-order valence-corrected chi connectivity index (χ3v) is 6.35. The summed E-state index contributed by atoms with van der Waals surface area (Å²) in [5.41, 5.74) is 0.802. The summed E-state index contributed by atoms with van der Waals surface area (Å²) in [6.45, 7) is 6.16. The van der Waals surface area contributed by atoms with Crippen LogP contribution in [0.5, 0.6) is 17.2 Å². The van der Waals surface area contributed by atoms with E-state index in [0.717, 1.165) is 0 Å². The van der Waals surface area contributed by atoms with Crippen molar-refractivity contribution < 1.29 is 37.7 Å². The Hall–Kier alpha value is -4.92. The van der Waals surface area contributed by atoms with Gasteiger partial charge in [0.15, 0.2) is 34.4 Å². The Bertz CT molecular complexity index is 1560. The summed E-state index contributed by atoms with van der Waals surface area (Å²) >= 11 is 0. The minimum Gasteiger partial charge on any atom is -0.503 e. The van der Waals surface area contributed by atoms with Crippen LogP contribution in [-0.2, 0) is 11.3 Å². The number of hydrogen-bond donors (Lipinski definition) is 1. The van der Waals surface area contributed by atoms with Crippen LogP contribution in [0.1, 0.15) is 34.8 Å². The number of benzene rings is 2. The number of ketones is 1. The van der Waals surface area contributed by atoms with E-state index in [4.69, 9.17) is 23.0 Å². The first-order valence-electron chi connectivity index (χ1n) is 12.3. The number of nitrogens with zero attached hydrogens (tertiary/aromatic N) is 1. The summed E-state index contributed by atoms with van der Waals surface area (Å²) in [5, 5.41) is 11.7. The summed E-state index contributed by atoms with van der Waals surface area (Å²) in [4.78, 5) is 28.6. The predicted octanol–water partition coefficient (Wildman–Crippen LogP) is 5.78. The van der Waals surface area contributed by atoms with Crippen LogP contribution in [0.25, 0.3) is 11.0 Å². The lowest BCUT2D eigenvalue weighted by Gasteiger charge is -2.26. The van der Waals surface area contributed by atoms with Crippen molar-refractivity contribution in [3.8, 4) is 17.2 Å². The molecule has 1 amide bonds. The highest BCUT2D eigenvalue weighted by Crippen LogP contribution is 2.43. The molecule has 0 fully saturated rings. The van der Waals surface area contributed by atoms with E-state index >= 15 is 0 Å². The summed E-state index contributed by atoms with van der Waals surface area (Å²) < 4.78 is 28.2. The van der Waals surface area contributed by atoms with Crippen molar-refractivity contribution in [1.82, 2.24) is 4.90 Å². The molecule has 1 atom stereocenters. The van der Waals surface area contributed by atoms with Crippen molar-refractivity contribution in [1.29, 1.82) is 0 Å². The van der Waals surface area contributed by atoms with Crippen molar-refractivity contribution in [2.45, 2.75) is 19.5 Å². The Morgan fingerprint density at radius 1 is 1.10 bits per heavy atom. The summed E-state index contributed by atoms with van der Waals surface area (Å²) in [6, 6.07) is 14.4. The molecule has 1 aliphatic heterocycles. The molecule has 39 heavy (non-hydrogen) atoms. The predicted molar refractivity (Wildman–Crippen MR) is 142 cm³/mol. The number of furan rings is 2. The van der Waals surface area contributed by atoms with E-state index in [1.165, 1.54) is 18.3 Å². The first kappa shape index (κ1) is 25.7. The molecule has 4 aromatic rings. The second-order valence-electron chi connectivity index (χ2n) is 8.73. The van der Waals surface area contributed by atoms with Gasteiger partial charge < -0.3 is 33.1 Å². The molecule has 0 radical (unpaired) electrons. The van der Waals surface area contributed by atoms with Gasteiger partial charge in [0.25, 0.3) is 5.91 Å². The molecule has 0 aliphatic carbocycles. The zero-order valence-electron chi connectivity index (χ0n) is 21.5. The molecule has 0 spiro atoms. The molecule has 5 rings (SSSR count). The van der Waals surface area contributed by atoms with Gasteiger partial charge in [-0.1, -0.05) is 30.9 Å². The Balaban J connectivity index is 1.61. The largest absolute Gasteiger partial charge is 0.503 e. The zero-order valence-corrected chi connectivity index (χ0v) is 21.5. The van der Waals surface area contributed by atoms with Gasteiger partial charge in [0.2, 0.25) is 5.78 Å². The van der Waals surface area contributed by atoms with Gasteiger partial charge in [-0.15, -0.1) is 0 Å². The van der Waals surface area contributed by atoms with Gasteiger partial charge in [-0.3, -0.25) is 9.59 Å². The third-order valence-electron chi connectivity index (χ3n) is 6.35. The molecule has 0 saturated heterocycles. The number of rotatable bonds is 11. The average molecular weight is 530 g/mol. The Labute approximate surface area is 224 Å². The maximum atomic E-state index is 13.9. The van der Waals surface area contributed by atoms with Gasteiger partial charge in [0.1, 0.15) is 12.4 Å². The molecule has 1 aliphatic rings. The van der Waals surface area contributed by atoms with E-state index < -0.39 is 23.5 Å². The van der Waals surface area contributed by atoms with Gasteiger partial charge in [0.05, 0.1) is 38.1 Å². The number of methoxy groups -OCH3 is 1. The number of hydrogen-bond acceptors (Lipinski definition) is 8. The van der Waals surface area contributed by atoms with Crippen LogP contribution < -0.4 is 14.2 Å². The Kier molecular flexibility index (Phi) is 7.14. The van der Waals surface area contributed by atoms with Crippen LogP contribution in [0.4, 0.5) is 0 Å². The van der Waals surface area contributed by atoms with Crippen molar-refractivity contribution in [3.05, 3.63) is 102 Å². The number of Topliss-reactive ketones (excluding diaryl/α,β-unsaturated/α-hetero) is 1. The molecule has 9 heteroatoms. The second-order valence-corrected chi connectivity index (χ2v) is 8.73. The van der Waals surface area contributed by atoms with Gasteiger partial charge in [-0.25, -0.2) is 0 Å². The maximum absolute atomic E-state index is 13.9. The first-order chi connectivity index (χ1) is 19.0. The third kappa shape index (κ3) is 4.74. The van der Waals surface area contributed by atoms with E-state index in [9.17, 15) is 14.7 Å². The molecule has 2 aromatic carbocycles. The Morgan fingerprint density at radius 3 is 2.67 bits per heavy atom. The lowest BCUT2D eigenvalue weighted by Crippen LogP contribution is -2.30. The van der Waals surface area contributed by atoms with Gasteiger partial charge in [-0.05, 0) is 48.9 Å². The molecular formula is C30H27NO8. The number of para-hydroxylation sites is 1. The molecule has 9 nitrogen and oxygen atoms in total. The highest BCUT2D eigenvalue weighted by atomic mass is 16.5. The smallest absolute Gasteiger partial charge is 0.290 e. The SMILES string of the molecule is C=CCOc1ccc(C2C(C(=O)c3cc4cccc(OC)c4o3)=C(O)C(=O)N2Cc2ccco2)cc1OCC. The molecule has 1 N–H and O–H groups in total. The molecule has 1 unspecified atom stereocenters. The minimum atomic E-state index is -0.960. The van der Waals surface area contributed by atoms with E-state index in [1.54, 1.807) is 60.7 Å². The summed E-state index contributed by atoms with van der Waals surface area (Å²) in [6.07, 6.45) is 3.11. The quantitative estimate of drug-likeness (QED) is 0.192. The van der Waals surface area contributed by atoms with E-state index in [0.29, 0.717) is 46.1 Å². The van der Waals surface area contributed by atoms with Crippen molar-refractivity contribution >= 4 is 22.7 Å².